The lowest BCUT2D eigenvalue weighted by Crippen LogP contribution is -2.11. The summed E-state index contributed by atoms with van der Waals surface area (Å²) >= 11 is 0. The van der Waals surface area contributed by atoms with E-state index in [4.69, 9.17) is 0 Å². The van der Waals surface area contributed by atoms with Crippen LogP contribution in [0.3, 0.4) is 0 Å². The highest BCUT2D eigenvalue weighted by atomic mass is 32.2. The number of benzene rings is 4. The summed E-state index contributed by atoms with van der Waals surface area (Å²) in [5, 5.41) is 5.18. The van der Waals surface area contributed by atoms with Crippen molar-refractivity contribution in [3.63, 3.8) is 0 Å². The monoisotopic (exact) mass is 399 g/mol. The maximum absolute atomic E-state index is 12.7. The minimum absolute atomic E-state index is 0.153. The first kappa shape index (κ1) is 19.1. The molecule has 0 fully saturated rings. The highest BCUT2D eigenvalue weighted by Gasteiger charge is 2.09. The average molecular weight is 400 g/mol. The molecule has 0 spiro atoms. The minimum atomic E-state index is -1.03. The standard InChI is InChI=1S/C25H21NO2S/c27-25(26-23-10-2-1-3-11-23)21-15-13-19(14-16-21)17-29(28)18-22-9-6-8-20-7-4-5-12-24(20)22/h1-16H,17-18H2,(H,26,27)/t29-/m0/s1. The SMILES string of the molecule is O=C(Nc1ccccc1)c1ccc(C[S@](=O)Cc2cccc3ccccc23)cc1. The maximum Gasteiger partial charge on any atom is 0.255 e. The third kappa shape index (κ3) is 4.79. The number of nitrogens with one attached hydrogen (secondary N) is 1. The largest absolute Gasteiger partial charge is 0.322 e. The van der Waals surface area contributed by atoms with Gasteiger partial charge >= 0.3 is 0 Å². The molecule has 0 heterocycles. The molecule has 1 amide bonds. The molecule has 4 aromatic carbocycles. The lowest BCUT2D eigenvalue weighted by molar-refractivity contribution is 0.102. The zero-order chi connectivity index (χ0) is 20.1. The quantitative estimate of drug-likeness (QED) is 0.463. The smallest absolute Gasteiger partial charge is 0.255 e. The normalized spacial score (nSPS) is 11.9. The molecule has 0 radical (unpaired) electrons. The summed E-state index contributed by atoms with van der Waals surface area (Å²) < 4.78 is 12.7. The second kappa shape index (κ2) is 8.84. The molecule has 0 bridgehead atoms. The Bertz CT molecular complexity index is 1150. The van der Waals surface area contributed by atoms with Gasteiger partial charge < -0.3 is 5.32 Å². The third-order valence-corrected chi connectivity index (χ3v) is 6.06. The Labute approximate surface area is 172 Å². The van der Waals surface area contributed by atoms with Crippen molar-refractivity contribution in [1.82, 2.24) is 0 Å². The molecular weight excluding hydrogens is 378 g/mol. The summed E-state index contributed by atoms with van der Waals surface area (Å²) in [5.41, 5.74) is 3.40. The zero-order valence-electron chi connectivity index (χ0n) is 15.9. The predicted molar refractivity (Wildman–Crippen MR) is 120 cm³/mol. The second-order valence-electron chi connectivity index (χ2n) is 6.88. The van der Waals surface area contributed by atoms with Gasteiger partial charge in [0.2, 0.25) is 0 Å². The van der Waals surface area contributed by atoms with Crippen LogP contribution >= 0.6 is 0 Å². The Balaban J connectivity index is 1.40. The van der Waals surface area contributed by atoms with Crippen LogP contribution in [0.2, 0.25) is 0 Å². The molecule has 4 aromatic rings. The van der Waals surface area contributed by atoms with Crippen molar-refractivity contribution in [2.45, 2.75) is 11.5 Å². The van der Waals surface area contributed by atoms with E-state index in [1.54, 1.807) is 12.1 Å². The molecule has 0 aliphatic rings. The number of carbonyl (C=O) groups is 1. The molecule has 4 rings (SSSR count). The van der Waals surface area contributed by atoms with Crippen LogP contribution < -0.4 is 5.32 Å². The molecule has 0 saturated heterocycles. The fraction of sp³-hybridized carbons (Fsp3) is 0.0800. The number of rotatable bonds is 6. The van der Waals surface area contributed by atoms with Crippen LogP contribution in [0.25, 0.3) is 10.8 Å². The van der Waals surface area contributed by atoms with Crippen molar-refractivity contribution in [1.29, 1.82) is 0 Å². The first-order valence-corrected chi connectivity index (χ1v) is 10.9. The molecule has 0 aliphatic carbocycles. The molecule has 0 aromatic heterocycles. The Kier molecular flexibility index (Phi) is 5.82. The van der Waals surface area contributed by atoms with E-state index < -0.39 is 10.8 Å². The van der Waals surface area contributed by atoms with Crippen molar-refractivity contribution in [3.8, 4) is 0 Å². The lowest BCUT2D eigenvalue weighted by atomic mass is 10.1. The van der Waals surface area contributed by atoms with Crippen molar-refractivity contribution < 1.29 is 9.00 Å². The van der Waals surface area contributed by atoms with Crippen LogP contribution in [0.15, 0.2) is 97.1 Å². The van der Waals surface area contributed by atoms with Gasteiger partial charge in [0, 0.05) is 33.6 Å². The highest BCUT2D eigenvalue weighted by Crippen LogP contribution is 2.21. The summed E-state index contributed by atoms with van der Waals surface area (Å²) in [6.07, 6.45) is 0. The van der Waals surface area contributed by atoms with Gasteiger partial charge in [-0.1, -0.05) is 72.8 Å². The van der Waals surface area contributed by atoms with Gasteiger partial charge in [-0.2, -0.15) is 0 Å². The van der Waals surface area contributed by atoms with Crippen LogP contribution in [0.5, 0.6) is 0 Å². The fourth-order valence-electron chi connectivity index (χ4n) is 3.31. The van der Waals surface area contributed by atoms with E-state index in [2.05, 4.69) is 23.5 Å². The molecule has 0 unspecified atom stereocenters. The predicted octanol–water partition coefficient (Wildman–Crippen LogP) is 5.54. The molecule has 29 heavy (non-hydrogen) atoms. The van der Waals surface area contributed by atoms with Crippen molar-refractivity contribution >= 4 is 33.2 Å². The highest BCUT2D eigenvalue weighted by molar-refractivity contribution is 7.83. The van der Waals surface area contributed by atoms with Crippen molar-refractivity contribution in [2.24, 2.45) is 0 Å². The van der Waals surface area contributed by atoms with E-state index in [1.807, 2.05) is 66.7 Å². The minimum Gasteiger partial charge on any atom is -0.322 e. The molecule has 1 atom stereocenters. The lowest BCUT2D eigenvalue weighted by Gasteiger charge is -2.08. The maximum atomic E-state index is 12.7. The van der Waals surface area contributed by atoms with Crippen molar-refractivity contribution in [3.05, 3.63) is 114 Å². The number of amides is 1. The Hall–Kier alpha value is -3.24. The van der Waals surface area contributed by atoms with Gasteiger partial charge in [-0.3, -0.25) is 9.00 Å². The van der Waals surface area contributed by atoms with Gasteiger partial charge in [-0.25, -0.2) is 0 Å². The van der Waals surface area contributed by atoms with Gasteiger partial charge in [0.1, 0.15) is 0 Å². The Morgan fingerprint density at radius 1 is 0.724 bits per heavy atom. The van der Waals surface area contributed by atoms with E-state index >= 15 is 0 Å². The van der Waals surface area contributed by atoms with E-state index in [0.29, 0.717) is 17.1 Å². The Morgan fingerprint density at radius 2 is 1.41 bits per heavy atom. The van der Waals surface area contributed by atoms with Gasteiger partial charge in [0.25, 0.3) is 5.91 Å². The number of anilines is 1. The first-order chi connectivity index (χ1) is 14.2. The number of carbonyl (C=O) groups excluding carboxylic acids is 1. The number of para-hydroxylation sites is 1. The van der Waals surface area contributed by atoms with E-state index in [9.17, 15) is 9.00 Å². The van der Waals surface area contributed by atoms with Crippen LogP contribution in [-0.2, 0) is 22.3 Å². The van der Waals surface area contributed by atoms with Crippen LogP contribution in [0.1, 0.15) is 21.5 Å². The summed E-state index contributed by atoms with van der Waals surface area (Å²) in [6.45, 7) is 0. The average Bonchev–Trinajstić information content (AvgIpc) is 2.75. The third-order valence-electron chi connectivity index (χ3n) is 4.77. The fourth-order valence-corrected chi connectivity index (χ4v) is 4.57. The zero-order valence-corrected chi connectivity index (χ0v) is 16.7. The molecular formula is C25H21NO2S. The second-order valence-corrected chi connectivity index (χ2v) is 8.34. The van der Waals surface area contributed by atoms with E-state index in [1.165, 1.54) is 0 Å². The van der Waals surface area contributed by atoms with Gasteiger partial charge in [-0.15, -0.1) is 0 Å². The van der Waals surface area contributed by atoms with Crippen LogP contribution in [0, 0.1) is 0 Å². The van der Waals surface area contributed by atoms with Gasteiger partial charge in [0.15, 0.2) is 0 Å². The molecule has 144 valence electrons. The molecule has 4 heteroatoms. The summed E-state index contributed by atoms with van der Waals surface area (Å²) in [4.78, 5) is 12.3. The number of hydrogen-bond donors (Lipinski definition) is 1. The number of fused-ring (bicyclic) bond motifs is 1. The molecule has 3 nitrogen and oxygen atoms in total. The number of hydrogen-bond acceptors (Lipinski definition) is 2. The van der Waals surface area contributed by atoms with Crippen LogP contribution in [0.4, 0.5) is 5.69 Å². The van der Waals surface area contributed by atoms with E-state index in [-0.39, 0.29) is 5.91 Å². The van der Waals surface area contributed by atoms with Crippen LogP contribution in [-0.4, -0.2) is 10.1 Å². The molecule has 0 aliphatic heterocycles. The van der Waals surface area contributed by atoms with Gasteiger partial charge in [-0.05, 0) is 46.2 Å². The summed E-state index contributed by atoms with van der Waals surface area (Å²) in [5.74, 6) is 0.820. The Morgan fingerprint density at radius 3 is 2.21 bits per heavy atom. The van der Waals surface area contributed by atoms with Crippen molar-refractivity contribution in [2.75, 3.05) is 5.32 Å². The topological polar surface area (TPSA) is 46.2 Å². The summed E-state index contributed by atoms with van der Waals surface area (Å²) in [6, 6.07) is 31.0. The van der Waals surface area contributed by atoms with E-state index in [0.717, 1.165) is 27.6 Å². The first-order valence-electron chi connectivity index (χ1n) is 9.46. The molecule has 1 N–H and O–H groups in total. The van der Waals surface area contributed by atoms with Gasteiger partial charge in [0.05, 0.1) is 0 Å². The summed E-state index contributed by atoms with van der Waals surface area (Å²) in [7, 11) is -1.03. The molecule has 0 saturated carbocycles.